The van der Waals surface area contributed by atoms with E-state index in [4.69, 9.17) is 0 Å². The van der Waals surface area contributed by atoms with Gasteiger partial charge in [-0.15, -0.1) is 0 Å². The van der Waals surface area contributed by atoms with Crippen molar-refractivity contribution < 1.29 is 0 Å². The lowest BCUT2D eigenvalue weighted by atomic mass is 9.84. The summed E-state index contributed by atoms with van der Waals surface area (Å²) in [5.74, 6) is 1.80. The first-order valence-corrected chi connectivity index (χ1v) is 8.66. The average molecular weight is 266 g/mol. The van der Waals surface area contributed by atoms with E-state index in [-0.39, 0.29) is 0 Å². The van der Waals surface area contributed by atoms with Gasteiger partial charge >= 0.3 is 0 Å². The SMILES string of the molecule is CCCNC1CCCC1CN(C)C1CCCCC1C. The molecule has 0 aromatic heterocycles. The summed E-state index contributed by atoms with van der Waals surface area (Å²) in [6.45, 7) is 7.25. The largest absolute Gasteiger partial charge is 0.314 e. The van der Waals surface area contributed by atoms with Crippen LogP contribution in [0.25, 0.3) is 0 Å². The van der Waals surface area contributed by atoms with E-state index in [1.165, 1.54) is 64.5 Å². The van der Waals surface area contributed by atoms with E-state index >= 15 is 0 Å². The highest BCUT2D eigenvalue weighted by Crippen LogP contribution is 2.31. The molecular formula is C17H34N2. The van der Waals surface area contributed by atoms with Crippen molar-refractivity contribution in [1.29, 1.82) is 0 Å². The maximum absolute atomic E-state index is 3.77. The second-order valence-corrected chi connectivity index (χ2v) is 7.02. The van der Waals surface area contributed by atoms with Gasteiger partial charge in [0.15, 0.2) is 0 Å². The second kappa shape index (κ2) is 7.64. The predicted molar refractivity (Wildman–Crippen MR) is 83.5 cm³/mol. The zero-order valence-electron chi connectivity index (χ0n) is 13.3. The topological polar surface area (TPSA) is 15.3 Å². The lowest BCUT2D eigenvalue weighted by molar-refractivity contribution is 0.116. The van der Waals surface area contributed by atoms with E-state index in [1.807, 2.05) is 0 Å². The number of hydrogen-bond acceptors (Lipinski definition) is 2. The fourth-order valence-corrected chi connectivity index (χ4v) is 4.31. The van der Waals surface area contributed by atoms with Gasteiger partial charge in [0.1, 0.15) is 0 Å². The molecule has 19 heavy (non-hydrogen) atoms. The molecule has 0 aliphatic heterocycles. The lowest BCUT2D eigenvalue weighted by Gasteiger charge is -2.38. The molecule has 0 radical (unpaired) electrons. The Morgan fingerprint density at radius 1 is 1.05 bits per heavy atom. The molecular weight excluding hydrogens is 232 g/mol. The smallest absolute Gasteiger partial charge is 0.0118 e. The molecule has 1 N–H and O–H groups in total. The van der Waals surface area contributed by atoms with Crippen LogP contribution >= 0.6 is 0 Å². The van der Waals surface area contributed by atoms with Crippen molar-refractivity contribution in [2.24, 2.45) is 11.8 Å². The Balaban J connectivity index is 1.81. The van der Waals surface area contributed by atoms with Gasteiger partial charge in [0, 0.05) is 18.6 Å². The number of rotatable bonds is 6. The van der Waals surface area contributed by atoms with E-state index in [0.29, 0.717) is 0 Å². The van der Waals surface area contributed by atoms with Gasteiger partial charge in [-0.1, -0.05) is 33.1 Å². The van der Waals surface area contributed by atoms with Gasteiger partial charge < -0.3 is 10.2 Å². The van der Waals surface area contributed by atoms with Crippen LogP contribution in [0.3, 0.4) is 0 Å². The van der Waals surface area contributed by atoms with Crippen LogP contribution in [0.4, 0.5) is 0 Å². The molecule has 0 bridgehead atoms. The fraction of sp³-hybridized carbons (Fsp3) is 1.00. The van der Waals surface area contributed by atoms with Crippen molar-refractivity contribution in [3.05, 3.63) is 0 Å². The van der Waals surface area contributed by atoms with Crippen molar-refractivity contribution in [3.8, 4) is 0 Å². The monoisotopic (exact) mass is 266 g/mol. The van der Waals surface area contributed by atoms with Gasteiger partial charge in [-0.2, -0.15) is 0 Å². The first-order valence-electron chi connectivity index (χ1n) is 8.66. The van der Waals surface area contributed by atoms with Crippen LogP contribution in [0.5, 0.6) is 0 Å². The summed E-state index contributed by atoms with van der Waals surface area (Å²) in [5.41, 5.74) is 0. The van der Waals surface area contributed by atoms with E-state index in [1.54, 1.807) is 0 Å². The van der Waals surface area contributed by atoms with E-state index in [0.717, 1.165) is 23.9 Å². The van der Waals surface area contributed by atoms with Crippen molar-refractivity contribution in [2.45, 2.75) is 77.3 Å². The van der Waals surface area contributed by atoms with Gasteiger partial charge in [-0.3, -0.25) is 0 Å². The van der Waals surface area contributed by atoms with Crippen LogP contribution in [-0.4, -0.2) is 37.1 Å². The van der Waals surface area contributed by atoms with Gasteiger partial charge in [0.25, 0.3) is 0 Å². The number of nitrogens with zero attached hydrogens (tertiary/aromatic N) is 1. The molecule has 2 aliphatic rings. The summed E-state index contributed by atoms with van der Waals surface area (Å²) < 4.78 is 0. The highest BCUT2D eigenvalue weighted by Gasteiger charge is 2.31. The molecule has 0 spiro atoms. The van der Waals surface area contributed by atoms with Gasteiger partial charge in [0.05, 0.1) is 0 Å². The molecule has 0 amide bonds. The standard InChI is InChI=1S/C17H34N2/c1-4-12-18-16-10-7-9-15(16)13-19(3)17-11-6-5-8-14(17)2/h14-18H,4-13H2,1-3H3. The molecule has 4 unspecified atom stereocenters. The quantitative estimate of drug-likeness (QED) is 0.789. The molecule has 0 saturated heterocycles. The van der Waals surface area contributed by atoms with E-state index < -0.39 is 0 Å². The molecule has 0 heterocycles. The highest BCUT2D eigenvalue weighted by molar-refractivity contribution is 4.87. The third kappa shape index (κ3) is 4.19. The normalized spacial score (nSPS) is 36.0. The Morgan fingerprint density at radius 3 is 2.58 bits per heavy atom. The third-order valence-electron chi connectivity index (χ3n) is 5.47. The molecule has 2 saturated carbocycles. The molecule has 2 fully saturated rings. The van der Waals surface area contributed by atoms with Crippen molar-refractivity contribution in [1.82, 2.24) is 10.2 Å². The van der Waals surface area contributed by atoms with Gasteiger partial charge in [-0.25, -0.2) is 0 Å². The average Bonchev–Trinajstić information content (AvgIpc) is 2.84. The second-order valence-electron chi connectivity index (χ2n) is 7.02. The van der Waals surface area contributed by atoms with Crippen LogP contribution in [0.1, 0.15) is 65.2 Å². The maximum Gasteiger partial charge on any atom is 0.0118 e. The van der Waals surface area contributed by atoms with Crippen LogP contribution in [0.15, 0.2) is 0 Å². The van der Waals surface area contributed by atoms with Gasteiger partial charge in [0.2, 0.25) is 0 Å². The maximum atomic E-state index is 3.77. The minimum Gasteiger partial charge on any atom is -0.314 e. The zero-order valence-corrected chi connectivity index (χ0v) is 13.3. The van der Waals surface area contributed by atoms with Crippen LogP contribution in [0.2, 0.25) is 0 Å². The number of nitrogens with one attached hydrogen (secondary N) is 1. The zero-order chi connectivity index (χ0) is 13.7. The van der Waals surface area contributed by atoms with Crippen LogP contribution < -0.4 is 5.32 Å². The minimum atomic E-state index is 0.793. The Morgan fingerprint density at radius 2 is 1.84 bits per heavy atom. The van der Waals surface area contributed by atoms with E-state index in [9.17, 15) is 0 Å². The summed E-state index contributed by atoms with van der Waals surface area (Å²) in [7, 11) is 2.38. The molecule has 0 aromatic carbocycles. The Kier molecular flexibility index (Phi) is 6.15. The van der Waals surface area contributed by atoms with Crippen molar-refractivity contribution in [3.63, 3.8) is 0 Å². The minimum absolute atomic E-state index is 0.793. The molecule has 2 nitrogen and oxygen atoms in total. The van der Waals surface area contributed by atoms with Gasteiger partial charge in [-0.05, 0) is 57.5 Å². The first-order chi connectivity index (χ1) is 9.22. The molecule has 2 heteroatoms. The lowest BCUT2D eigenvalue weighted by Crippen LogP contribution is -2.45. The summed E-state index contributed by atoms with van der Waals surface area (Å²) in [6, 6.07) is 1.64. The Hall–Kier alpha value is -0.0800. The van der Waals surface area contributed by atoms with Crippen LogP contribution in [-0.2, 0) is 0 Å². The predicted octanol–water partition coefficient (Wildman–Crippen LogP) is 3.67. The van der Waals surface area contributed by atoms with E-state index in [2.05, 4.69) is 31.1 Å². The summed E-state index contributed by atoms with van der Waals surface area (Å²) in [5, 5.41) is 3.77. The molecule has 112 valence electrons. The highest BCUT2D eigenvalue weighted by atomic mass is 15.1. The summed E-state index contributed by atoms with van der Waals surface area (Å²) in [6.07, 6.45) is 11.3. The molecule has 2 rings (SSSR count). The molecule has 0 aromatic rings. The molecule has 2 aliphatic carbocycles. The van der Waals surface area contributed by atoms with Crippen molar-refractivity contribution >= 4 is 0 Å². The van der Waals surface area contributed by atoms with Crippen LogP contribution in [0, 0.1) is 11.8 Å². The summed E-state index contributed by atoms with van der Waals surface area (Å²) >= 11 is 0. The van der Waals surface area contributed by atoms with Crippen molar-refractivity contribution in [2.75, 3.05) is 20.1 Å². The fourth-order valence-electron chi connectivity index (χ4n) is 4.31. The Bertz CT molecular complexity index is 254. The number of hydrogen-bond donors (Lipinski definition) is 1. The Labute approximate surface area is 120 Å². The first kappa shape index (κ1) is 15.3. The molecule has 4 atom stereocenters. The summed E-state index contributed by atoms with van der Waals surface area (Å²) in [4.78, 5) is 2.69. The third-order valence-corrected chi connectivity index (χ3v) is 5.47.